The Morgan fingerprint density at radius 2 is 1.96 bits per heavy atom. The molecule has 0 unspecified atom stereocenters. The van der Waals surface area contributed by atoms with Crippen molar-refractivity contribution in [1.82, 2.24) is 4.90 Å². The highest BCUT2D eigenvalue weighted by Crippen LogP contribution is 2.53. The van der Waals surface area contributed by atoms with Gasteiger partial charge in [0.1, 0.15) is 12.0 Å². The molecule has 2 aliphatic heterocycles. The molecule has 2 aromatic carbocycles. The third kappa shape index (κ3) is 1.80. The van der Waals surface area contributed by atoms with E-state index in [9.17, 15) is 4.79 Å². The number of methoxy groups -OCH3 is 1. The maximum absolute atomic E-state index is 13.2. The summed E-state index contributed by atoms with van der Waals surface area (Å²) in [4.78, 5) is 15.1. The maximum Gasteiger partial charge on any atom is 0.232 e. The largest absolute Gasteiger partial charge is 0.497 e. The van der Waals surface area contributed by atoms with Crippen molar-refractivity contribution in [2.24, 2.45) is 0 Å². The van der Waals surface area contributed by atoms with E-state index < -0.39 is 0 Å². The summed E-state index contributed by atoms with van der Waals surface area (Å²) in [6.45, 7) is 1.34. The van der Waals surface area contributed by atoms with Crippen LogP contribution in [0, 0.1) is 0 Å². The summed E-state index contributed by atoms with van der Waals surface area (Å²) in [6, 6.07) is 14.6. The first-order valence-electron chi connectivity index (χ1n) is 8.47. The number of nitrogens with zero attached hydrogens (tertiary/aromatic N) is 1. The molecule has 2 fully saturated rings. The second kappa shape index (κ2) is 5.08. The van der Waals surface area contributed by atoms with Crippen LogP contribution in [0.2, 0.25) is 0 Å². The van der Waals surface area contributed by atoms with Crippen LogP contribution in [-0.4, -0.2) is 37.3 Å². The molecule has 2 aromatic rings. The third-order valence-corrected chi connectivity index (χ3v) is 5.64. The number of amides is 1. The smallest absolute Gasteiger partial charge is 0.232 e. The van der Waals surface area contributed by atoms with Gasteiger partial charge in [-0.2, -0.15) is 0 Å². The minimum Gasteiger partial charge on any atom is -0.497 e. The van der Waals surface area contributed by atoms with Crippen molar-refractivity contribution in [2.75, 3.05) is 20.3 Å². The zero-order valence-corrected chi connectivity index (χ0v) is 13.6. The molecule has 0 saturated carbocycles. The Kier molecular flexibility index (Phi) is 2.98. The first-order valence-corrected chi connectivity index (χ1v) is 8.47. The van der Waals surface area contributed by atoms with Gasteiger partial charge in [-0.25, -0.2) is 0 Å². The molecule has 0 bridgehead atoms. The Bertz CT molecular complexity index is 831. The molecule has 3 atom stereocenters. The van der Waals surface area contributed by atoms with Gasteiger partial charge in [-0.05, 0) is 34.4 Å². The van der Waals surface area contributed by atoms with Gasteiger partial charge in [0.2, 0.25) is 5.91 Å². The van der Waals surface area contributed by atoms with Crippen LogP contribution in [0.15, 0.2) is 42.5 Å². The molecule has 24 heavy (non-hydrogen) atoms. The molecular weight excluding hydrogens is 302 g/mol. The predicted octanol–water partition coefficient (Wildman–Crippen LogP) is 3.13. The molecule has 4 heteroatoms. The summed E-state index contributed by atoms with van der Waals surface area (Å²) in [6.07, 6.45) is 0.795. The number of hydrogen-bond donors (Lipinski definition) is 0. The Morgan fingerprint density at radius 3 is 2.83 bits per heavy atom. The van der Waals surface area contributed by atoms with Crippen molar-refractivity contribution in [3.8, 4) is 16.9 Å². The molecule has 4 nitrogen and oxygen atoms in total. The average Bonchev–Trinajstić information content (AvgIpc) is 3.10. The Balaban J connectivity index is 1.74. The van der Waals surface area contributed by atoms with Gasteiger partial charge in [-0.15, -0.1) is 0 Å². The number of carbonyl (C=O) groups excluding carboxylic acids is 1. The van der Waals surface area contributed by atoms with Gasteiger partial charge in [0.15, 0.2) is 0 Å². The Morgan fingerprint density at radius 1 is 1.12 bits per heavy atom. The van der Waals surface area contributed by atoms with Crippen molar-refractivity contribution in [3.63, 3.8) is 0 Å². The van der Waals surface area contributed by atoms with E-state index in [-0.39, 0.29) is 24.0 Å². The number of carbonyl (C=O) groups is 1. The minimum absolute atomic E-state index is 0.0704. The third-order valence-electron chi connectivity index (χ3n) is 5.64. The number of ether oxygens (including phenoxy) is 2. The zero-order valence-electron chi connectivity index (χ0n) is 13.6. The normalized spacial score (nSPS) is 27.1. The van der Waals surface area contributed by atoms with E-state index in [0.29, 0.717) is 13.2 Å². The van der Waals surface area contributed by atoms with E-state index in [1.54, 1.807) is 7.11 Å². The van der Waals surface area contributed by atoms with Crippen molar-refractivity contribution < 1.29 is 14.3 Å². The van der Waals surface area contributed by atoms with Gasteiger partial charge in [0.05, 0.1) is 19.6 Å². The summed E-state index contributed by atoms with van der Waals surface area (Å²) in [5, 5.41) is 0. The fraction of sp³-hybridized carbons (Fsp3) is 0.350. The highest BCUT2D eigenvalue weighted by molar-refractivity contribution is 5.92. The number of hydrogen-bond acceptors (Lipinski definition) is 3. The molecule has 2 saturated heterocycles. The SMILES string of the molecule is COc1ccc2c(c1)[C@@H]1C(=O)N3CCO[C@H]3C[C@@H]1c1ccccc1-2. The fourth-order valence-electron chi connectivity index (χ4n) is 4.56. The lowest BCUT2D eigenvalue weighted by Gasteiger charge is -2.43. The lowest BCUT2D eigenvalue weighted by Crippen LogP contribution is -2.47. The van der Waals surface area contributed by atoms with Crippen LogP contribution in [0.25, 0.3) is 11.1 Å². The van der Waals surface area contributed by atoms with E-state index in [2.05, 4.69) is 30.3 Å². The highest BCUT2D eigenvalue weighted by Gasteiger charge is 2.48. The summed E-state index contributed by atoms with van der Waals surface area (Å²) < 4.78 is 11.2. The fourth-order valence-corrected chi connectivity index (χ4v) is 4.56. The van der Waals surface area contributed by atoms with Gasteiger partial charge in [-0.1, -0.05) is 30.3 Å². The molecule has 1 amide bonds. The van der Waals surface area contributed by atoms with E-state index in [0.717, 1.165) is 23.3 Å². The van der Waals surface area contributed by atoms with Crippen LogP contribution in [0.3, 0.4) is 0 Å². The number of fused-ring (bicyclic) bond motifs is 7. The monoisotopic (exact) mass is 321 g/mol. The molecule has 2 heterocycles. The predicted molar refractivity (Wildman–Crippen MR) is 90.0 cm³/mol. The van der Waals surface area contributed by atoms with E-state index in [1.165, 1.54) is 11.1 Å². The van der Waals surface area contributed by atoms with Crippen LogP contribution in [0.5, 0.6) is 5.75 Å². The van der Waals surface area contributed by atoms with Gasteiger partial charge >= 0.3 is 0 Å². The topological polar surface area (TPSA) is 38.8 Å². The minimum atomic E-state index is -0.136. The van der Waals surface area contributed by atoms with Crippen LogP contribution < -0.4 is 4.74 Å². The van der Waals surface area contributed by atoms with Gasteiger partial charge in [0, 0.05) is 18.9 Å². The molecule has 3 aliphatic rings. The van der Waals surface area contributed by atoms with Crippen LogP contribution in [0.4, 0.5) is 0 Å². The highest BCUT2D eigenvalue weighted by atomic mass is 16.5. The first kappa shape index (κ1) is 14.1. The van der Waals surface area contributed by atoms with Crippen LogP contribution >= 0.6 is 0 Å². The summed E-state index contributed by atoms with van der Waals surface area (Å²) in [5.41, 5.74) is 4.74. The molecule has 0 N–H and O–H groups in total. The van der Waals surface area contributed by atoms with Crippen molar-refractivity contribution >= 4 is 5.91 Å². The Hall–Kier alpha value is -2.33. The molecule has 1 aliphatic carbocycles. The lowest BCUT2D eigenvalue weighted by molar-refractivity contribution is -0.143. The van der Waals surface area contributed by atoms with Gasteiger partial charge in [0.25, 0.3) is 0 Å². The number of benzene rings is 2. The maximum atomic E-state index is 13.2. The van der Waals surface area contributed by atoms with E-state index in [1.807, 2.05) is 17.0 Å². The second-order valence-corrected chi connectivity index (χ2v) is 6.72. The molecule has 0 aromatic heterocycles. The first-order chi connectivity index (χ1) is 11.8. The Labute approximate surface area is 141 Å². The van der Waals surface area contributed by atoms with Crippen molar-refractivity contribution in [1.29, 1.82) is 0 Å². The molecule has 0 radical (unpaired) electrons. The van der Waals surface area contributed by atoms with Gasteiger partial charge < -0.3 is 14.4 Å². The standard InChI is InChI=1S/C20H19NO3/c1-23-12-6-7-15-13-4-2-3-5-14(13)17-11-18-21(8-9-24-18)20(22)19(17)16(15)10-12/h2-7,10,17-19H,8-9,11H2,1H3/t17-,18+,19+/m1/s1. The molecular formula is C20H19NO3. The number of rotatable bonds is 1. The van der Waals surface area contributed by atoms with Crippen molar-refractivity contribution in [3.05, 3.63) is 53.6 Å². The number of piperidine rings is 1. The summed E-state index contributed by atoms with van der Waals surface area (Å²) in [7, 11) is 1.67. The van der Waals surface area contributed by atoms with Gasteiger partial charge in [-0.3, -0.25) is 4.79 Å². The second-order valence-electron chi connectivity index (χ2n) is 6.72. The van der Waals surface area contributed by atoms with Crippen LogP contribution in [-0.2, 0) is 9.53 Å². The zero-order chi connectivity index (χ0) is 16.3. The summed E-state index contributed by atoms with van der Waals surface area (Å²) >= 11 is 0. The summed E-state index contributed by atoms with van der Waals surface area (Å²) in [5.74, 6) is 1.04. The lowest BCUT2D eigenvalue weighted by atomic mass is 9.68. The van der Waals surface area contributed by atoms with Crippen LogP contribution in [0.1, 0.15) is 29.4 Å². The molecule has 122 valence electrons. The quantitative estimate of drug-likeness (QED) is 0.810. The van der Waals surface area contributed by atoms with Crippen molar-refractivity contribution in [2.45, 2.75) is 24.5 Å². The van der Waals surface area contributed by atoms with E-state index in [4.69, 9.17) is 9.47 Å². The average molecular weight is 321 g/mol. The van der Waals surface area contributed by atoms with E-state index >= 15 is 0 Å². The molecule has 0 spiro atoms. The molecule has 5 rings (SSSR count).